The van der Waals surface area contributed by atoms with Gasteiger partial charge in [-0.05, 0) is 12.8 Å². The van der Waals surface area contributed by atoms with Crippen LogP contribution >= 0.6 is 15.9 Å². The van der Waals surface area contributed by atoms with E-state index in [-0.39, 0.29) is 18.4 Å². The number of alkyl halides is 4. The molecule has 2 fully saturated rings. The largest absolute Gasteiger partial charge is 0.392 e. The fraction of sp³-hybridized carbons (Fsp3) is 0.923. The molecule has 116 valence electrons. The van der Waals surface area contributed by atoms with Crippen LogP contribution in [-0.2, 0) is 9.53 Å². The summed E-state index contributed by atoms with van der Waals surface area (Å²) in [7, 11) is 0. The quantitative estimate of drug-likeness (QED) is 0.711. The summed E-state index contributed by atoms with van der Waals surface area (Å²) >= 11 is 3.28. The molecular weight excluding hydrogens is 339 g/mol. The van der Waals surface area contributed by atoms with Gasteiger partial charge in [-0.3, -0.25) is 4.79 Å². The molecule has 0 spiro atoms. The van der Waals surface area contributed by atoms with Crippen molar-refractivity contribution in [3.05, 3.63) is 0 Å². The molecule has 1 amide bonds. The van der Waals surface area contributed by atoms with E-state index >= 15 is 0 Å². The molecule has 1 aliphatic carbocycles. The van der Waals surface area contributed by atoms with Gasteiger partial charge in [-0.25, -0.2) is 0 Å². The lowest BCUT2D eigenvalue weighted by Crippen LogP contribution is -2.51. The van der Waals surface area contributed by atoms with Crippen molar-refractivity contribution in [1.29, 1.82) is 0 Å². The Labute approximate surface area is 125 Å². The van der Waals surface area contributed by atoms with Crippen LogP contribution in [0.15, 0.2) is 0 Å². The molecule has 2 rings (SSSR count). The lowest BCUT2D eigenvalue weighted by molar-refractivity contribution is -0.202. The van der Waals surface area contributed by atoms with Gasteiger partial charge in [-0.2, -0.15) is 13.2 Å². The standard InChI is InChI=1S/C13H19BrF3NO2/c14-7-9-8-18(5-6-20-9)12(19)10-3-1-2-4-11(10)13(15,16)17/h9-11H,1-8H2. The van der Waals surface area contributed by atoms with E-state index in [0.717, 1.165) is 0 Å². The van der Waals surface area contributed by atoms with Gasteiger partial charge >= 0.3 is 6.18 Å². The molecular formula is C13H19BrF3NO2. The van der Waals surface area contributed by atoms with Gasteiger partial charge in [0.15, 0.2) is 0 Å². The zero-order valence-electron chi connectivity index (χ0n) is 11.2. The lowest BCUT2D eigenvalue weighted by Gasteiger charge is -2.38. The molecule has 0 aromatic rings. The van der Waals surface area contributed by atoms with Crippen molar-refractivity contribution in [2.24, 2.45) is 11.8 Å². The number of halogens is 4. The number of morpholine rings is 1. The summed E-state index contributed by atoms with van der Waals surface area (Å²) in [5, 5.41) is 0.587. The molecule has 1 saturated carbocycles. The summed E-state index contributed by atoms with van der Waals surface area (Å²) in [6.07, 6.45) is -2.72. The second kappa shape index (κ2) is 6.64. The van der Waals surface area contributed by atoms with Crippen LogP contribution in [0.4, 0.5) is 13.2 Å². The Morgan fingerprint density at radius 3 is 2.65 bits per heavy atom. The maximum absolute atomic E-state index is 13.1. The Hall–Kier alpha value is -0.300. The van der Waals surface area contributed by atoms with Crippen molar-refractivity contribution >= 4 is 21.8 Å². The molecule has 3 unspecified atom stereocenters. The molecule has 0 N–H and O–H groups in total. The van der Waals surface area contributed by atoms with Gasteiger partial charge in [0.2, 0.25) is 5.91 Å². The maximum Gasteiger partial charge on any atom is 0.392 e. The van der Waals surface area contributed by atoms with Gasteiger partial charge in [-0.15, -0.1) is 0 Å². The summed E-state index contributed by atoms with van der Waals surface area (Å²) in [4.78, 5) is 14.0. The van der Waals surface area contributed by atoms with E-state index in [9.17, 15) is 18.0 Å². The van der Waals surface area contributed by atoms with E-state index in [2.05, 4.69) is 15.9 Å². The third kappa shape index (κ3) is 3.67. The number of amides is 1. The Kier molecular flexibility index (Phi) is 5.34. The Morgan fingerprint density at radius 1 is 1.30 bits per heavy atom. The minimum atomic E-state index is -4.28. The van der Waals surface area contributed by atoms with Crippen LogP contribution in [-0.4, -0.2) is 48.1 Å². The van der Waals surface area contributed by atoms with Crippen LogP contribution in [0.5, 0.6) is 0 Å². The zero-order chi connectivity index (χ0) is 14.8. The number of hydrogen-bond donors (Lipinski definition) is 0. The monoisotopic (exact) mass is 357 g/mol. The highest BCUT2D eigenvalue weighted by Crippen LogP contribution is 2.42. The first-order chi connectivity index (χ1) is 9.43. The van der Waals surface area contributed by atoms with E-state index < -0.39 is 18.0 Å². The second-order valence-electron chi connectivity index (χ2n) is 5.47. The molecule has 3 nitrogen and oxygen atoms in total. The molecule has 1 saturated heterocycles. The number of carbonyl (C=O) groups is 1. The molecule has 0 radical (unpaired) electrons. The maximum atomic E-state index is 13.1. The summed E-state index contributed by atoms with van der Waals surface area (Å²) in [5.41, 5.74) is 0. The average molecular weight is 358 g/mol. The Balaban J connectivity index is 2.05. The van der Waals surface area contributed by atoms with Crippen molar-refractivity contribution in [3.63, 3.8) is 0 Å². The van der Waals surface area contributed by atoms with E-state index in [1.165, 1.54) is 0 Å². The summed E-state index contributed by atoms with van der Waals surface area (Å²) in [5.74, 6) is -2.73. The smallest absolute Gasteiger partial charge is 0.374 e. The van der Waals surface area contributed by atoms with E-state index in [0.29, 0.717) is 44.3 Å². The molecule has 2 aliphatic rings. The third-order valence-electron chi connectivity index (χ3n) is 4.13. The molecule has 3 atom stereocenters. The number of ether oxygens (including phenoxy) is 1. The van der Waals surface area contributed by atoms with E-state index in [4.69, 9.17) is 4.74 Å². The van der Waals surface area contributed by atoms with Crippen LogP contribution < -0.4 is 0 Å². The second-order valence-corrected chi connectivity index (χ2v) is 6.12. The van der Waals surface area contributed by atoms with Crippen molar-refractivity contribution in [1.82, 2.24) is 4.90 Å². The van der Waals surface area contributed by atoms with Gasteiger partial charge in [0.05, 0.1) is 18.6 Å². The first kappa shape index (κ1) is 16.1. The number of hydrogen-bond acceptors (Lipinski definition) is 2. The molecule has 0 bridgehead atoms. The molecule has 1 aliphatic heterocycles. The van der Waals surface area contributed by atoms with Crippen LogP contribution in [0, 0.1) is 11.8 Å². The highest BCUT2D eigenvalue weighted by molar-refractivity contribution is 9.09. The minimum Gasteiger partial charge on any atom is -0.374 e. The SMILES string of the molecule is O=C(C1CCCCC1C(F)(F)F)N1CCOC(CBr)C1. The predicted molar refractivity (Wildman–Crippen MR) is 71.6 cm³/mol. The molecule has 0 aromatic heterocycles. The number of nitrogens with zero attached hydrogens (tertiary/aromatic N) is 1. The number of carbonyl (C=O) groups excluding carboxylic acids is 1. The zero-order valence-corrected chi connectivity index (χ0v) is 12.8. The van der Waals surface area contributed by atoms with Gasteiger partial charge in [-0.1, -0.05) is 28.8 Å². The average Bonchev–Trinajstić information content (AvgIpc) is 2.45. The fourth-order valence-corrected chi connectivity index (χ4v) is 3.46. The van der Waals surface area contributed by atoms with Crippen LogP contribution in [0.2, 0.25) is 0 Å². The van der Waals surface area contributed by atoms with Gasteiger partial charge in [0, 0.05) is 24.3 Å². The highest BCUT2D eigenvalue weighted by Gasteiger charge is 2.49. The summed E-state index contributed by atoms with van der Waals surface area (Å²) in [6, 6.07) is 0. The van der Waals surface area contributed by atoms with Gasteiger partial charge in [0.25, 0.3) is 0 Å². The minimum absolute atomic E-state index is 0.0755. The lowest BCUT2D eigenvalue weighted by atomic mass is 9.78. The highest BCUT2D eigenvalue weighted by atomic mass is 79.9. The van der Waals surface area contributed by atoms with Crippen molar-refractivity contribution in [2.45, 2.75) is 38.0 Å². The van der Waals surface area contributed by atoms with Crippen molar-refractivity contribution < 1.29 is 22.7 Å². The summed E-state index contributed by atoms with van der Waals surface area (Å²) in [6.45, 7) is 1.17. The topological polar surface area (TPSA) is 29.5 Å². The normalized spacial score (nSPS) is 32.2. The predicted octanol–water partition coefficient (Wildman–Crippen LogP) is 2.98. The van der Waals surface area contributed by atoms with E-state index in [1.54, 1.807) is 4.90 Å². The Morgan fingerprint density at radius 2 is 2.00 bits per heavy atom. The van der Waals surface area contributed by atoms with Gasteiger partial charge in [0.1, 0.15) is 0 Å². The first-order valence-corrected chi connectivity index (χ1v) is 8.08. The van der Waals surface area contributed by atoms with Crippen molar-refractivity contribution in [2.75, 3.05) is 25.0 Å². The van der Waals surface area contributed by atoms with Gasteiger partial charge < -0.3 is 9.64 Å². The third-order valence-corrected chi connectivity index (χ3v) is 4.85. The molecule has 20 heavy (non-hydrogen) atoms. The first-order valence-electron chi connectivity index (χ1n) is 6.96. The van der Waals surface area contributed by atoms with Crippen molar-refractivity contribution in [3.8, 4) is 0 Å². The molecule has 0 aromatic carbocycles. The summed E-state index contributed by atoms with van der Waals surface area (Å²) < 4.78 is 44.6. The fourth-order valence-electron chi connectivity index (χ4n) is 3.07. The van der Waals surface area contributed by atoms with Crippen LogP contribution in [0.25, 0.3) is 0 Å². The Bertz CT molecular complexity index is 351. The van der Waals surface area contributed by atoms with E-state index in [1.807, 2.05) is 0 Å². The van der Waals surface area contributed by atoms with Crippen LogP contribution in [0.1, 0.15) is 25.7 Å². The van der Waals surface area contributed by atoms with Crippen LogP contribution in [0.3, 0.4) is 0 Å². The number of rotatable bonds is 2. The molecule has 7 heteroatoms. The molecule has 1 heterocycles.